The Morgan fingerprint density at radius 2 is 2.14 bits per heavy atom. The first kappa shape index (κ1) is 14.4. The van der Waals surface area contributed by atoms with Crippen LogP contribution in [0.1, 0.15) is 38.2 Å². The summed E-state index contributed by atoms with van der Waals surface area (Å²) in [5.74, 6) is 1.74. The molecule has 3 atom stereocenters. The number of rotatable bonds is 3. The fourth-order valence-electron chi connectivity index (χ4n) is 3.40. The first-order valence-corrected chi connectivity index (χ1v) is 7.92. The molecule has 2 N–H and O–H groups in total. The molecular weight excluding hydrogens is 264 g/mol. The summed E-state index contributed by atoms with van der Waals surface area (Å²) in [4.78, 5) is 11.4. The van der Waals surface area contributed by atoms with Gasteiger partial charge in [0.05, 0.1) is 0 Å². The van der Waals surface area contributed by atoms with Crippen molar-refractivity contribution in [2.45, 2.75) is 51.2 Å². The summed E-state index contributed by atoms with van der Waals surface area (Å²) in [6.07, 6.45) is 5.13. The number of likely N-dealkylation sites (N-methyl/N-ethyl adjacent to an activating group) is 1. The maximum Gasteiger partial charge on any atom is 0.224 e. The van der Waals surface area contributed by atoms with Crippen molar-refractivity contribution in [3.8, 4) is 5.75 Å². The van der Waals surface area contributed by atoms with E-state index >= 15 is 0 Å². The summed E-state index contributed by atoms with van der Waals surface area (Å²) in [7, 11) is 2.01. The molecule has 0 spiro atoms. The van der Waals surface area contributed by atoms with Crippen LogP contribution in [0, 0.1) is 5.92 Å². The summed E-state index contributed by atoms with van der Waals surface area (Å²) in [6, 6.07) is 6.44. The second kappa shape index (κ2) is 6.06. The molecule has 1 saturated carbocycles. The van der Waals surface area contributed by atoms with Crippen LogP contribution in [0.4, 0.5) is 5.69 Å². The van der Waals surface area contributed by atoms with E-state index in [4.69, 9.17) is 4.74 Å². The van der Waals surface area contributed by atoms with Crippen LogP contribution in [0.3, 0.4) is 0 Å². The molecule has 21 heavy (non-hydrogen) atoms. The molecule has 0 radical (unpaired) electrons. The number of carbonyl (C=O) groups is 1. The number of ether oxygens (including phenoxy) is 1. The fourth-order valence-corrected chi connectivity index (χ4v) is 3.40. The lowest BCUT2D eigenvalue weighted by Crippen LogP contribution is -2.45. The molecule has 114 valence electrons. The summed E-state index contributed by atoms with van der Waals surface area (Å²) in [5, 5.41) is 6.29. The van der Waals surface area contributed by atoms with Gasteiger partial charge in [-0.1, -0.05) is 6.92 Å². The molecule has 1 amide bonds. The van der Waals surface area contributed by atoms with Crippen molar-refractivity contribution >= 4 is 11.6 Å². The van der Waals surface area contributed by atoms with Gasteiger partial charge < -0.3 is 15.4 Å². The van der Waals surface area contributed by atoms with Crippen molar-refractivity contribution in [2.75, 3.05) is 12.4 Å². The Hall–Kier alpha value is -1.55. The van der Waals surface area contributed by atoms with E-state index in [1.807, 2.05) is 19.2 Å². The maximum atomic E-state index is 11.4. The van der Waals surface area contributed by atoms with Crippen molar-refractivity contribution in [3.05, 3.63) is 23.8 Å². The lowest BCUT2D eigenvalue weighted by molar-refractivity contribution is -0.116. The molecule has 0 aromatic heterocycles. The topological polar surface area (TPSA) is 50.4 Å². The molecule has 1 aromatic carbocycles. The minimum atomic E-state index is 0.104. The zero-order valence-electron chi connectivity index (χ0n) is 12.8. The third-order valence-electron chi connectivity index (χ3n) is 4.68. The van der Waals surface area contributed by atoms with E-state index < -0.39 is 0 Å². The van der Waals surface area contributed by atoms with Gasteiger partial charge >= 0.3 is 0 Å². The second-order valence-electron chi connectivity index (χ2n) is 6.34. The quantitative estimate of drug-likeness (QED) is 0.899. The van der Waals surface area contributed by atoms with E-state index in [2.05, 4.69) is 23.6 Å². The number of carbonyl (C=O) groups excluding carboxylic acids is 1. The van der Waals surface area contributed by atoms with Crippen molar-refractivity contribution in [2.24, 2.45) is 5.92 Å². The highest BCUT2D eigenvalue weighted by Gasteiger charge is 2.29. The van der Waals surface area contributed by atoms with Crippen LogP contribution in [0.25, 0.3) is 0 Å². The van der Waals surface area contributed by atoms with Gasteiger partial charge in [0.2, 0.25) is 5.91 Å². The van der Waals surface area contributed by atoms with Crippen LogP contribution in [-0.4, -0.2) is 25.1 Å². The fraction of sp³-hybridized carbons (Fsp3) is 0.588. The average molecular weight is 288 g/mol. The van der Waals surface area contributed by atoms with Gasteiger partial charge in [0, 0.05) is 18.2 Å². The van der Waals surface area contributed by atoms with E-state index in [0.29, 0.717) is 12.5 Å². The number of aryl methyl sites for hydroxylation is 1. The molecule has 0 bridgehead atoms. The van der Waals surface area contributed by atoms with Gasteiger partial charge in [-0.15, -0.1) is 0 Å². The Morgan fingerprint density at radius 3 is 2.95 bits per heavy atom. The van der Waals surface area contributed by atoms with Gasteiger partial charge in [0.1, 0.15) is 11.9 Å². The monoisotopic (exact) mass is 288 g/mol. The molecule has 2 aliphatic rings. The Labute approximate surface area is 126 Å². The minimum absolute atomic E-state index is 0.104. The predicted octanol–water partition coefficient (Wildman–Crippen LogP) is 2.73. The first-order chi connectivity index (χ1) is 10.2. The van der Waals surface area contributed by atoms with Gasteiger partial charge in [0.25, 0.3) is 0 Å². The van der Waals surface area contributed by atoms with Gasteiger partial charge in [-0.3, -0.25) is 4.79 Å². The van der Waals surface area contributed by atoms with Gasteiger partial charge in [-0.05, 0) is 62.4 Å². The van der Waals surface area contributed by atoms with E-state index in [0.717, 1.165) is 30.2 Å². The number of hydrogen-bond donors (Lipinski definition) is 2. The smallest absolute Gasteiger partial charge is 0.224 e. The molecule has 1 heterocycles. The number of amides is 1. The first-order valence-electron chi connectivity index (χ1n) is 7.92. The zero-order valence-corrected chi connectivity index (χ0v) is 12.8. The van der Waals surface area contributed by atoms with E-state index in [1.165, 1.54) is 18.4 Å². The summed E-state index contributed by atoms with van der Waals surface area (Å²) >= 11 is 0. The van der Waals surface area contributed by atoms with Crippen LogP contribution in [0.15, 0.2) is 18.2 Å². The molecule has 1 aliphatic carbocycles. The Bertz CT molecular complexity index is 530. The number of hydrogen-bond acceptors (Lipinski definition) is 3. The van der Waals surface area contributed by atoms with Crippen LogP contribution in [0.5, 0.6) is 5.75 Å². The Morgan fingerprint density at radius 1 is 1.29 bits per heavy atom. The van der Waals surface area contributed by atoms with Crippen LogP contribution in [-0.2, 0) is 11.2 Å². The van der Waals surface area contributed by atoms with Crippen molar-refractivity contribution < 1.29 is 9.53 Å². The Kier molecular flexibility index (Phi) is 4.15. The third-order valence-corrected chi connectivity index (χ3v) is 4.68. The lowest BCUT2D eigenvalue weighted by atomic mass is 9.85. The van der Waals surface area contributed by atoms with Gasteiger partial charge in [-0.2, -0.15) is 0 Å². The lowest BCUT2D eigenvalue weighted by Gasteiger charge is -2.35. The molecule has 3 unspecified atom stereocenters. The normalized spacial score (nSPS) is 28.7. The number of benzene rings is 1. The SMILES string of the molecule is CNC1CCC(C)CC1Oc1ccc2c(c1)CCC(=O)N2. The molecule has 1 fully saturated rings. The largest absolute Gasteiger partial charge is 0.489 e. The maximum absolute atomic E-state index is 11.4. The predicted molar refractivity (Wildman–Crippen MR) is 83.7 cm³/mol. The van der Waals surface area contributed by atoms with Crippen LogP contribution in [0.2, 0.25) is 0 Å². The molecule has 1 aliphatic heterocycles. The molecule has 4 heteroatoms. The van der Waals surface area contributed by atoms with E-state index in [1.54, 1.807) is 0 Å². The highest BCUT2D eigenvalue weighted by molar-refractivity contribution is 5.93. The van der Waals surface area contributed by atoms with E-state index in [9.17, 15) is 4.79 Å². The molecule has 4 nitrogen and oxygen atoms in total. The third kappa shape index (κ3) is 3.21. The highest BCUT2D eigenvalue weighted by atomic mass is 16.5. The number of fused-ring (bicyclic) bond motifs is 1. The standard InChI is InChI=1S/C17H24N2O2/c1-11-3-6-15(18-2)16(9-11)21-13-5-7-14-12(10-13)4-8-17(20)19-14/h5,7,10-11,15-16,18H,3-4,6,8-9H2,1-2H3,(H,19,20). The van der Waals surface area contributed by atoms with E-state index in [-0.39, 0.29) is 12.0 Å². The van der Waals surface area contributed by atoms with Gasteiger partial charge in [0.15, 0.2) is 0 Å². The molecule has 3 rings (SSSR count). The van der Waals surface area contributed by atoms with Crippen LogP contribution >= 0.6 is 0 Å². The number of anilines is 1. The van der Waals surface area contributed by atoms with Crippen molar-refractivity contribution in [1.29, 1.82) is 0 Å². The summed E-state index contributed by atoms with van der Waals surface area (Å²) in [6.45, 7) is 2.30. The van der Waals surface area contributed by atoms with Gasteiger partial charge in [-0.25, -0.2) is 0 Å². The van der Waals surface area contributed by atoms with Crippen molar-refractivity contribution in [3.63, 3.8) is 0 Å². The summed E-state index contributed by atoms with van der Waals surface area (Å²) in [5.41, 5.74) is 2.11. The summed E-state index contributed by atoms with van der Waals surface area (Å²) < 4.78 is 6.25. The second-order valence-corrected chi connectivity index (χ2v) is 6.34. The molecular formula is C17H24N2O2. The average Bonchev–Trinajstić information content (AvgIpc) is 2.48. The minimum Gasteiger partial charge on any atom is -0.489 e. The number of nitrogens with one attached hydrogen (secondary N) is 2. The molecule has 0 saturated heterocycles. The van der Waals surface area contributed by atoms with Crippen LogP contribution < -0.4 is 15.4 Å². The zero-order chi connectivity index (χ0) is 14.8. The molecule has 1 aromatic rings. The Balaban J connectivity index is 1.73. The van der Waals surface area contributed by atoms with Crippen molar-refractivity contribution in [1.82, 2.24) is 5.32 Å². The highest BCUT2D eigenvalue weighted by Crippen LogP contribution is 2.31.